The standard InChI is InChI=1S/C25H26ClN7O4S2/c1-34-22-20(33(30)10-15(28)17-12-38-25(29)32-17)21-18(11-35-23(37-21)13-5-3-2-4-6-13)36-24(22)39-19-7-14(26)9-31-16(19)8-27/h2-7,9-10,12,18,20-24H,11,28,30H2,1H3,(H2,29,32)/b15-10-. The van der Waals surface area contributed by atoms with Crippen molar-refractivity contribution >= 4 is 45.5 Å². The minimum absolute atomic E-state index is 0.219. The molecular formula is C25H26ClN7O4S2. The second kappa shape index (κ2) is 12.1. The van der Waals surface area contributed by atoms with Crippen molar-refractivity contribution in [3.05, 3.63) is 76.1 Å². The second-order valence-corrected chi connectivity index (χ2v) is 11.2. The first-order valence-corrected chi connectivity index (χ1v) is 14.0. The van der Waals surface area contributed by atoms with Crippen LogP contribution in [0, 0.1) is 11.3 Å². The number of anilines is 1. The summed E-state index contributed by atoms with van der Waals surface area (Å²) in [6.07, 6.45) is 0.667. The molecule has 6 atom stereocenters. The SMILES string of the molecule is COC1C(Sc2cc(Cl)cnc2C#N)OC2COC(c3ccccc3)OC2C1N(N)/C=C(\N)c1csc(N)n1. The quantitative estimate of drug-likeness (QED) is 0.273. The van der Waals surface area contributed by atoms with Crippen LogP contribution in [0.2, 0.25) is 5.02 Å². The molecule has 6 N–H and O–H groups in total. The minimum atomic E-state index is -0.633. The molecule has 5 rings (SSSR count). The minimum Gasteiger partial charge on any atom is -0.396 e. The monoisotopic (exact) mass is 587 g/mol. The molecule has 2 fully saturated rings. The van der Waals surface area contributed by atoms with Crippen molar-refractivity contribution in [3.8, 4) is 6.07 Å². The predicted molar refractivity (Wildman–Crippen MR) is 148 cm³/mol. The lowest BCUT2D eigenvalue weighted by atomic mass is 9.95. The van der Waals surface area contributed by atoms with Crippen molar-refractivity contribution in [1.29, 1.82) is 5.26 Å². The summed E-state index contributed by atoms with van der Waals surface area (Å²) in [6, 6.07) is 12.8. The summed E-state index contributed by atoms with van der Waals surface area (Å²) < 4.78 is 24.9. The van der Waals surface area contributed by atoms with Gasteiger partial charge in [0.1, 0.15) is 41.6 Å². The maximum absolute atomic E-state index is 9.59. The van der Waals surface area contributed by atoms with E-state index in [4.69, 9.17) is 47.9 Å². The van der Waals surface area contributed by atoms with Gasteiger partial charge in [0.15, 0.2) is 17.1 Å². The lowest BCUT2D eigenvalue weighted by Gasteiger charge is -2.51. The molecule has 1 aromatic carbocycles. The Bertz CT molecular complexity index is 1370. The third-order valence-electron chi connectivity index (χ3n) is 6.27. The molecule has 2 aromatic heterocycles. The third kappa shape index (κ3) is 5.98. The Hall–Kier alpha value is -2.93. The van der Waals surface area contributed by atoms with Crippen LogP contribution in [-0.2, 0) is 18.9 Å². The number of hydrogen-bond donors (Lipinski definition) is 3. The fourth-order valence-corrected chi connectivity index (χ4v) is 6.54. The molecule has 2 aliphatic heterocycles. The molecule has 2 aliphatic rings. The van der Waals surface area contributed by atoms with E-state index >= 15 is 0 Å². The van der Waals surface area contributed by atoms with Crippen LogP contribution in [0.4, 0.5) is 5.13 Å². The third-order valence-corrected chi connectivity index (χ3v) is 8.33. The van der Waals surface area contributed by atoms with Gasteiger partial charge >= 0.3 is 0 Å². The van der Waals surface area contributed by atoms with Crippen molar-refractivity contribution in [2.24, 2.45) is 11.6 Å². The number of thioether (sulfide) groups is 1. The number of ether oxygens (including phenoxy) is 4. The Labute approximate surface area is 238 Å². The molecule has 0 aliphatic carbocycles. The molecule has 0 radical (unpaired) electrons. The van der Waals surface area contributed by atoms with Crippen molar-refractivity contribution in [1.82, 2.24) is 15.0 Å². The maximum Gasteiger partial charge on any atom is 0.184 e. The molecule has 0 spiro atoms. The number of hydrogen-bond acceptors (Lipinski definition) is 13. The van der Waals surface area contributed by atoms with Gasteiger partial charge in [-0.1, -0.05) is 53.7 Å². The van der Waals surface area contributed by atoms with Crippen LogP contribution >= 0.6 is 34.7 Å². The van der Waals surface area contributed by atoms with Crippen LogP contribution in [0.15, 0.2) is 59.1 Å². The lowest BCUT2D eigenvalue weighted by molar-refractivity contribution is -0.309. The number of fused-ring (bicyclic) bond motifs is 1. The number of aromatic nitrogens is 2. The van der Waals surface area contributed by atoms with Gasteiger partial charge in [-0.05, 0) is 6.07 Å². The van der Waals surface area contributed by atoms with E-state index in [0.717, 1.165) is 5.56 Å². The molecule has 11 nitrogen and oxygen atoms in total. The highest BCUT2D eigenvalue weighted by molar-refractivity contribution is 7.99. The fourth-order valence-electron chi connectivity index (χ4n) is 4.48. The highest BCUT2D eigenvalue weighted by atomic mass is 35.5. The average molecular weight is 588 g/mol. The number of benzene rings is 1. The molecule has 6 unspecified atom stereocenters. The van der Waals surface area contributed by atoms with Gasteiger partial charge in [-0.3, -0.25) is 0 Å². The second-order valence-electron chi connectivity index (χ2n) is 8.74. The summed E-state index contributed by atoms with van der Waals surface area (Å²) in [5, 5.41) is 13.6. The smallest absolute Gasteiger partial charge is 0.184 e. The van der Waals surface area contributed by atoms with Gasteiger partial charge in [0.25, 0.3) is 0 Å². The molecule has 0 saturated carbocycles. The number of rotatable bonds is 7. The van der Waals surface area contributed by atoms with Gasteiger partial charge in [-0.25, -0.2) is 15.8 Å². The predicted octanol–water partition coefficient (Wildman–Crippen LogP) is 3.09. The zero-order valence-corrected chi connectivity index (χ0v) is 23.1. The number of thiazole rings is 1. The van der Waals surface area contributed by atoms with Gasteiger partial charge < -0.3 is 35.4 Å². The van der Waals surface area contributed by atoms with E-state index in [9.17, 15) is 5.26 Å². The summed E-state index contributed by atoms with van der Waals surface area (Å²) in [4.78, 5) is 8.92. The van der Waals surface area contributed by atoms with Crippen LogP contribution < -0.4 is 17.3 Å². The van der Waals surface area contributed by atoms with E-state index < -0.39 is 36.1 Å². The first kappa shape index (κ1) is 27.6. The lowest BCUT2D eigenvalue weighted by Crippen LogP contribution is -2.67. The summed E-state index contributed by atoms with van der Waals surface area (Å²) in [6.45, 7) is 0.239. The number of halogens is 1. The number of nitrogen functional groups attached to an aromatic ring is 1. The Morgan fingerprint density at radius 1 is 1.33 bits per heavy atom. The summed E-state index contributed by atoms with van der Waals surface area (Å²) in [7, 11) is 1.56. The number of nitrogens with zero attached hydrogens (tertiary/aromatic N) is 4. The number of nitriles is 1. The highest BCUT2D eigenvalue weighted by Gasteiger charge is 2.52. The summed E-state index contributed by atoms with van der Waals surface area (Å²) in [5.74, 6) is 6.66. The Kier molecular flexibility index (Phi) is 8.55. The van der Waals surface area contributed by atoms with Crippen molar-refractivity contribution < 1.29 is 18.9 Å². The molecule has 0 bridgehead atoms. The summed E-state index contributed by atoms with van der Waals surface area (Å²) in [5.41, 5.74) is 13.4. The molecule has 3 aromatic rings. The first-order valence-electron chi connectivity index (χ1n) is 11.8. The van der Waals surface area contributed by atoms with Crippen molar-refractivity contribution in [3.63, 3.8) is 0 Å². The van der Waals surface area contributed by atoms with E-state index in [1.165, 1.54) is 34.3 Å². The zero-order chi connectivity index (χ0) is 27.5. The molecule has 2 saturated heterocycles. The Morgan fingerprint density at radius 2 is 2.13 bits per heavy atom. The maximum atomic E-state index is 9.59. The van der Waals surface area contributed by atoms with Gasteiger partial charge in [-0.2, -0.15) is 5.26 Å². The Morgan fingerprint density at radius 3 is 2.82 bits per heavy atom. The van der Waals surface area contributed by atoms with Crippen LogP contribution in [0.3, 0.4) is 0 Å². The first-order chi connectivity index (χ1) is 18.9. The van der Waals surface area contributed by atoms with Gasteiger partial charge in [-0.15, -0.1) is 11.3 Å². The molecule has 14 heteroatoms. The van der Waals surface area contributed by atoms with E-state index in [1.54, 1.807) is 24.8 Å². The number of pyridine rings is 1. The Balaban J connectivity index is 1.49. The highest BCUT2D eigenvalue weighted by Crippen LogP contribution is 2.42. The average Bonchev–Trinajstić information content (AvgIpc) is 3.39. The van der Waals surface area contributed by atoms with Gasteiger partial charge in [0.05, 0.1) is 17.3 Å². The summed E-state index contributed by atoms with van der Waals surface area (Å²) >= 11 is 8.73. The van der Waals surface area contributed by atoms with Crippen LogP contribution in [0.1, 0.15) is 23.2 Å². The number of methoxy groups -OCH3 is 1. The van der Waals surface area contributed by atoms with Crippen LogP contribution in [0.25, 0.3) is 5.70 Å². The molecule has 39 heavy (non-hydrogen) atoms. The largest absolute Gasteiger partial charge is 0.396 e. The molecule has 0 amide bonds. The van der Waals surface area contributed by atoms with E-state index in [0.29, 0.717) is 26.4 Å². The fraction of sp³-hybridized carbons (Fsp3) is 0.320. The molecule has 204 valence electrons. The van der Waals surface area contributed by atoms with Crippen LogP contribution in [-0.4, -0.2) is 58.5 Å². The molecule has 4 heterocycles. The normalized spacial score (nSPS) is 27.0. The van der Waals surface area contributed by atoms with E-state index in [2.05, 4.69) is 16.0 Å². The van der Waals surface area contributed by atoms with Crippen molar-refractivity contribution in [2.75, 3.05) is 19.5 Å². The van der Waals surface area contributed by atoms with E-state index in [1.807, 2.05) is 30.3 Å². The number of nitrogens with two attached hydrogens (primary N) is 3. The molecular weight excluding hydrogens is 562 g/mol. The number of hydrazine groups is 1. The van der Waals surface area contributed by atoms with Crippen LogP contribution in [0.5, 0.6) is 0 Å². The topological polar surface area (TPSA) is 168 Å². The zero-order valence-electron chi connectivity index (χ0n) is 20.7. The van der Waals surface area contributed by atoms with E-state index in [-0.39, 0.29) is 12.3 Å². The van der Waals surface area contributed by atoms with Gasteiger partial charge in [0.2, 0.25) is 0 Å². The van der Waals surface area contributed by atoms with Gasteiger partial charge in [0, 0.05) is 35.3 Å². The van der Waals surface area contributed by atoms with Crippen molar-refractivity contribution in [2.45, 2.75) is 41.0 Å².